The molecule has 0 fully saturated rings. The van der Waals surface area contributed by atoms with E-state index in [1.54, 1.807) is 29.7 Å². The van der Waals surface area contributed by atoms with E-state index >= 15 is 0 Å². The summed E-state index contributed by atoms with van der Waals surface area (Å²) in [5.41, 5.74) is 4.08. The molecule has 8 heteroatoms. The van der Waals surface area contributed by atoms with Gasteiger partial charge in [-0.15, -0.1) is 0 Å². The van der Waals surface area contributed by atoms with Crippen molar-refractivity contribution in [2.24, 2.45) is 5.10 Å². The number of carbonyl (C=O) groups excluding carboxylic acids is 2. The minimum absolute atomic E-state index is 0.256. The molecule has 0 saturated carbocycles. The summed E-state index contributed by atoms with van der Waals surface area (Å²) in [4.78, 5) is 25.8. The fraction of sp³-hybridized carbons (Fsp3) is 0.158. The molecule has 0 spiro atoms. The third-order valence-corrected chi connectivity index (χ3v) is 3.86. The van der Waals surface area contributed by atoms with Crippen molar-refractivity contribution < 1.29 is 14.8 Å². The molecular formula is C19H21N5O3. The lowest BCUT2D eigenvalue weighted by atomic mass is 10.1. The van der Waals surface area contributed by atoms with Crippen LogP contribution in [-0.2, 0) is 0 Å². The summed E-state index contributed by atoms with van der Waals surface area (Å²) < 4.78 is 0. The first-order valence-corrected chi connectivity index (χ1v) is 8.06. The molecule has 8 nitrogen and oxygen atoms in total. The smallest absolute Gasteiger partial charge is 0.274 e. The van der Waals surface area contributed by atoms with E-state index in [9.17, 15) is 9.59 Å². The molecule has 27 heavy (non-hydrogen) atoms. The van der Waals surface area contributed by atoms with Crippen LogP contribution in [0.1, 0.15) is 26.3 Å². The van der Waals surface area contributed by atoms with E-state index in [4.69, 9.17) is 10.6 Å². The second kappa shape index (κ2) is 8.72. The Hall–Kier alpha value is -3.52. The minimum Gasteiger partial charge on any atom is -0.378 e. The van der Waals surface area contributed by atoms with Crippen LogP contribution in [0.4, 0.5) is 5.69 Å². The Kier molecular flexibility index (Phi) is 6.40. The van der Waals surface area contributed by atoms with Crippen LogP contribution in [-0.4, -0.2) is 55.1 Å². The average Bonchev–Trinajstić information content (AvgIpc) is 2.70. The maximum Gasteiger partial charge on any atom is 0.274 e. The number of nitrogens with one attached hydrogen (secondary N) is 2. The van der Waals surface area contributed by atoms with E-state index in [1.165, 1.54) is 24.2 Å². The molecule has 0 aliphatic rings. The summed E-state index contributed by atoms with van der Waals surface area (Å²) in [5.74, 6) is -0.945. The van der Waals surface area contributed by atoms with Crippen LogP contribution in [0.3, 0.4) is 0 Å². The topological polar surface area (TPSA) is 109 Å². The summed E-state index contributed by atoms with van der Waals surface area (Å²) in [7, 11) is 5.34. The van der Waals surface area contributed by atoms with Crippen LogP contribution in [0.25, 0.3) is 0 Å². The van der Waals surface area contributed by atoms with E-state index < -0.39 is 5.91 Å². The minimum atomic E-state index is -0.636. The SMILES string of the molecule is CN(/N=C(\C=N)c1ccc(C(=O)NO)cc1)C(=O)c1ccc(N(C)C)cc1. The lowest BCUT2D eigenvalue weighted by molar-refractivity contribution is 0.0706. The van der Waals surface area contributed by atoms with Crippen molar-refractivity contribution in [2.75, 3.05) is 26.0 Å². The summed E-state index contributed by atoms with van der Waals surface area (Å²) in [6, 6.07) is 13.3. The number of nitrogens with zero attached hydrogens (tertiary/aromatic N) is 3. The number of hydrazone groups is 1. The normalized spacial score (nSPS) is 10.9. The highest BCUT2D eigenvalue weighted by Gasteiger charge is 2.13. The molecule has 0 aliphatic carbocycles. The summed E-state index contributed by atoms with van der Waals surface area (Å²) >= 11 is 0. The number of anilines is 1. The third kappa shape index (κ3) is 4.77. The molecule has 0 aromatic heterocycles. The first-order chi connectivity index (χ1) is 12.9. The van der Waals surface area contributed by atoms with Crippen molar-refractivity contribution >= 4 is 29.4 Å². The fourth-order valence-electron chi connectivity index (χ4n) is 2.32. The molecule has 3 N–H and O–H groups in total. The molecule has 140 valence electrons. The van der Waals surface area contributed by atoms with E-state index in [0.717, 1.165) is 11.9 Å². The Labute approximate surface area is 157 Å². The molecule has 0 bridgehead atoms. The van der Waals surface area contributed by atoms with Gasteiger partial charge in [0.2, 0.25) is 0 Å². The fourth-order valence-corrected chi connectivity index (χ4v) is 2.32. The molecule has 0 unspecified atom stereocenters. The van der Waals surface area contributed by atoms with Crippen molar-refractivity contribution in [1.29, 1.82) is 5.41 Å². The lowest BCUT2D eigenvalue weighted by Gasteiger charge is -2.15. The zero-order chi connectivity index (χ0) is 20.0. The zero-order valence-electron chi connectivity index (χ0n) is 15.3. The summed E-state index contributed by atoms with van der Waals surface area (Å²) in [5, 5.41) is 21.6. The predicted molar refractivity (Wildman–Crippen MR) is 104 cm³/mol. The maximum absolute atomic E-state index is 12.5. The number of benzene rings is 2. The molecule has 0 saturated heterocycles. The van der Waals surface area contributed by atoms with E-state index in [2.05, 4.69) is 5.10 Å². The first-order valence-electron chi connectivity index (χ1n) is 8.06. The van der Waals surface area contributed by atoms with Gasteiger partial charge in [0.25, 0.3) is 11.8 Å². The van der Waals surface area contributed by atoms with Gasteiger partial charge < -0.3 is 10.3 Å². The van der Waals surface area contributed by atoms with Gasteiger partial charge in [0.1, 0.15) is 5.71 Å². The van der Waals surface area contributed by atoms with Crippen LogP contribution in [0.2, 0.25) is 0 Å². The Morgan fingerprint density at radius 1 is 0.963 bits per heavy atom. The quantitative estimate of drug-likeness (QED) is 0.412. The number of carbonyl (C=O) groups is 2. The Morgan fingerprint density at radius 3 is 1.96 bits per heavy atom. The second-order valence-corrected chi connectivity index (χ2v) is 5.92. The Morgan fingerprint density at radius 2 is 1.48 bits per heavy atom. The van der Waals surface area contributed by atoms with E-state index in [-0.39, 0.29) is 17.2 Å². The largest absolute Gasteiger partial charge is 0.378 e. The predicted octanol–water partition coefficient (Wildman–Crippen LogP) is 2.00. The molecule has 0 heterocycles. The van der Waals surface area contributed by atoms with Crippen molar-refractivity contribution in [3.8, 4) is 0 Å². The van der Waals surface area contributed by atoms with Gasteiger partial charge in [-0.25, -0.2) is 10.5 Å². The molecular weight excluding hydrogens is 346 g/mol. The molecule has 0 atom stereocenters. The monoisotopic (exact) mass is 367 g/mol. The standard InChI is InChI=1S/C19H21N5O3/c1-23(2)16-10-8-15(9-11-16)19(26)24(3)21-17(12-20)13-4-6-14(7-5-13)18(25)22-27/h4-12,20,27H,1-3H3,(H,22,25)/b20-12?,21-17+. The van der Waals surface area contributed by atoms with Gasteiger partial charge in [-0.1, -0.05) is 12.1 Å². The highest BCUT2D eigenvalue weighted by atomic mass is 16.5. The molecule has 2 aromatic carbocycles. The average molecular weight is 367 g/mol. The zero-order valence-corrected chi connectivity index (χ0v) is 15.3. The number of rotatable bonds is 6. The van der Waals surface area contributed by atoms with Crippen molar-refractivity contribution in [2.45, 2.75) is 0 Å². The van der Waals surface area contributed by atoms with Crippen molar-refractivity contribution in [3.63, 3.8) is 0 Å². The van der Waals surface area contributed by atoms with Crippen LogP contribution in [0.15, 0.2) is 53.6 Å². The Bertz CT molecular complexity index is 858. The van der Waals surface area contributed by atoms with Gasteiger partial charge in [-0.05, 0) is 36.4 Å². The highest BCUT2D eigenvalue weighted by Crippen LogP contribution is 2.14. The number of amides is 2. The molecule has 0 radical (unpaired) electrons. The van der Waals surface area contributed by atoms with Gasteiger partial charge in [0.05, 0.1) is 0 Å². The number of hydrogen-bond donors (Lipinski definition) is 3. The first kappa shape index (κ1) is 19.8. The summed E-state index contributed by atoms with van der Waals surface area (Å²) in [6.45, 7) is 0. The van der Waals surface area contributed by atoms with Crippen molar-refractivity contribution in [3.05, 3.63) is 65.2 Å². The van der Waals surface area contributed by atoms with Gasteiger partial charge in [-0.2, -0.15) is 5.10 Å². The molecule has 2 aromatic rings. The van der Waals surface area contributed by atoms with E-state index in [0.29, 0.717) is 11.1 Å². The van der Waals surface area contributed by atoms with Crippen LogP contribution < -0.4 is 10.4 Å². The Balaban J connectivity index is 2.21. The van der Waals surface area contributed by atoms with Crippen molar-refractivity contribution in [1.82, 2.24) is 10.5 Å². The van der Waals surface area contributed by atoms with Gasteiger partial charge in [0.15, 0.2) is 0 Å². The van der Waals surface area contributed by atoms with Gasteiger partial charge >= 0.3 is 0 Å². The van der Waals surface area contributed by atoms with Crippen LogP contribution >= 0.6 is 0 Å². The number of hydrogen-bond acceptors (Lipinski definition) is 6. The second-order valence-electron chi connectivity index (χ2n) is 5.92. The summed E-state index contributed by atoms with van der Waals surface area (Å²) in [6.07, 6.45) is 1.03. The van der Waals surface area contributed by atoms with Crippen LogP contribution in [0, 0.1) is 5.41 Å². The van der Waals surface area contributed by atoms with Crippen LogP contribution in [0.5, 0.6) is 0 Å². The molecule has 0 aliphatic heterocycles. The third-order valence-electron chi connectivity index (χ3n) is 3.86. The maximum atomic E-state index is 12.5. The van der Waals surface area contributed by atoms with Gasteiger partial charge in [-0.3, -0.25) is 14.8 Å². The molecule has 2 amide bonds. The lowest BCUT2D eigenvalue weighted by Crippen LogP contribution is -2.24. The highest BCUT2D eigenvalue weighted by molar-refractivity contribution is 6.37. The number of hydroxylamine groups is 1. The van der Waals surface area contributed by atoms with E-state index in [1.807, 2.05) is 31.1 Å². The van der Waals surface area contributed by atoms with Gasteiger partial charge in [0, 0.05) is 49.7 Å². The molecule has 2 rings (SSSR count).